The fraction of sp³-hybridized carbons (Fsp3) is 0.350. The predicted octanol–water partition coefficient (Wildman–Crippen LogP) is 4.44. The molecule has 28 heavy (non-hydrogen) atoms. The number of aromatic nitrogens is 2. The van der Waals surface area contributed by atoms with Crippen molar-refractivity contribution in [3.8, 4) is 17.1 Å². The molecule has 0 fully saturated rings. The van der Waals surface area contributed by atoms with Gasteiger partial charge in [-0.05, 0) is 18.6 Å². The lowest BCUT2D eigenvalue weighted by Gasteiger charge is -2.17. The van der Waals surface area contributed by atoms with Gasteiger partial charge in [0.15, 0.2) is 17.9 Å². The molecule has 2 rings (SSSR count). The lowest BCUT2D eigenvalue weighted by Crippen LogP contribution is -2.22. The number of halogens is 3. The van der Waals surface area contributed by atoms with Gasteiger partial charge >= 0.3 is 0 Å². The van der Waals surface area contributed by atoms with Crippen molar-refractivity contribution in [1.29, 1.82) is 0 Å². The Morgan fingerprint density at radius 3 is 2.57 bits per heavy atom. The van der Waals surface area contributed by atoms with E-state index in [1.54, 1.807) is 0 Å². The van der Waals surface area contributed by atoms with Crippen LogP contribution in [-0.2, 0) is 0 Å². The molecule has 0 aliphatic carbocycles. The maximum atomic E-state index is 14.8. The Kier molecular flexibility index (Phi) is 7.54. The molecule has 5 nitrogen and oxygen atoms in total. The van der Waals surface area contributed by atoms with E-state index in [4.69, 9.17) is 4.74 Å². The molecule has 0 N–H and O–H groups in total. The number of carbonyl (C=O) groups is 1. The molecular weight excluding hydrogens is 371 g/mol. The van der Waals surface area contributed by atoms with Crippen LogP contribution in [0.1, 0.15) is 35.7 Å². The first-order valence-corrected chi connectivity index (χ1v) is 8.76. The quantitative estimate of drug-likeness (QED) is 0.590. The van der Waals surface area contributed by atoms with Crippen molar-refractivity contribution in [2.24, 2.45) is 0 Å². The Balaban J connectivity index is 2.39. The first-order valence-electron chi connectivity index (χ1n) is 8.76. The molecule has 1 aromatic heterocycles. The van der Waals surface area contributed by atoms with Crippen molar-refractivity contribution in [3.63, 3.8) is 0 Å². The third-order valence-corrected chi connectivity index (χ3v) is 4.05. The second kappa shape index (κ2) is 9.87. The highest BCUT2D eigenvalue weighted by atomic mass is 19.1. The first-order chi connectivity index (χ1) is 13.4. The smallest absolute Gasteiger partial charge is 0.162 e. The zero-order valence-corrected chi connectivity index (χ0v) is 16.0. The van der Waals surface area contributed by atoms with Gasteiger partial charge in [0.1, 0.15) is 17.8 Å². The van der Waals surface area contributed by atoms with E-state index in [1.807, 2.05) is 6.92 Å². The largest absolute Gasteiger partial charge is 0.494 e. The second-order valence-electron chi connectivity index (χ2n) is 6.29. The lowest BCUT2D eigenvalue weighted by atomic mass is 10.0. The van der Waals surface area contributed by atoms with Crippen molar-refractivity contribution in [2.75, 3.05) is 20.7 Å². The van der Waals surface area contributed by atoms with Crippen LogP contribution in [0.4, 0.5) is 13.2 Å². The normalized spacial score (nSPS) is 12.6. The van der Waals surface area contributed by atoms with Gasteiger partial charge in [0, 0.05) is 30.9 Å². The molecule has 0 aliphatic heterocycles. The van der Waals surface area contributed by atoms with Crippen LogP contribution in [-0.4, -0.2) is 48.0 Å². The highest BCUT2D eigenvalue weighted by Gasteiger charge is 2.17. The van der Waals surface area contributed by atoms with Crippen molar-refractivity contribution < 1.29 is 22.7 Å². The van der Waals surface area contributed by atoms with Crippen LogP contribution in [0.3, 0.4) is 0 Å². The maximum absolute atomic E-state index is 14.8. The number of nitrogens with zero attached hydrogens (tertiary/aromatic N) is 3. The van der Waals surface area contributed by atoms with E-state index in [9.17, 15) is 18.0 Å². The SMILES string of the molecule is CCCC(F)CN(C)/C=C(/F)c1cc(-c2ncc(OC)cn2)c(F)cc1C=O. The summed E-state index contributed by atoms with van der Waals surface area (Å²) in [4.78, 5) is 20.6. The molecule has 1 atom stereocenters. The molecule has 150 valence electrons. The molecule has 8 heteroatoms. The molecule has 1 heterocycles. The Bertz CT molecular complexity index is 841. The highest BCUT2D eigenvalue weighted by molar-refractivity contribution is 5.86. The Labute approximate surface area is 161 Å². The summed E-state index contributed by atoms with van der Waals surface area (Å²) in [7, 11) is 2.97. The molecule has 0 radical (unpaired) electrons. The first kappa shape index (κ1) is 21.4. The fourth-order valence-electron chi connectivity index (χ4n) is 2.66. The summed E-state index contributed by atoms with van der Waals surface area (Å²) in [5, 5.41) is 0. The third-order valence-electron chi connectivity index (χ3n) is 4.05. The average molecular weight is 393 g/mol. The molecule has 1 aromatic carbocycles. The van der Waals surface area contributed by atoms with Crippen LogP contribution in [0.25, 0.3) is 17.2 Å². The highest BCUT2D eigenvalue weighted by Crippen LogP contribution is 2.28. The van der Waals surface area contributed by atoms with E-state index >= 15 is 0 Å². The van der Waals surface area contributed by atoms with Crippen molar-refractivity contribution in [3.05, 3.63) is 47.7 Å². The summed E-state index contributed by atoms with van der Waals surface area (Å²) in [5.74, 6) is -1.15. The maximum Gasteiger partial charge on any atom is 0.162 e. The number of benzene rings is 1. The average Bonchev–Trinajstić information content (AvgIpc) is 2.67. The van der Waals surface area contributed by atoms with Crippen LogP contribution >= 0.6 is 0 Å². The van der Waals surface area contributed by atoms with Crippen LogP contribution in [0.15, 0.2) is 30.7 Å². The number of ether oxygens (including phenoxy) is 1. The zero-order chi connectivity index (χ0) is 20.7. The number of hydrogen-bond donors (Lipinski definition) is 0. The summed E-state index contributed by atoms with van der Waals surface area (Å²) < 4.78 is 47.8. The van der Waals surface area contributed by atoms with Gasteiger partial charge in [-0.1, -0.05) is 13.3 Å². The Hall–Kier alpha value is -2.90. The standard InChI is InChI=1S/C20H22F3N3O2/c1-4-5-14(21)10-26(2)11-19(23)16-7-17(18(22)6-13(16)12-27)20-24-8-15(28-3)9-25-20/h6-9,11-12,14H,4-5,10H2,1-3H3/b19-11+. The molecular formula is C20H22F3N3O2. The molecule has 0 bridgehead atoms. The summed E-state index contributed by atoms with van der Waals surface area (Å²) >= 11 is 0. The van der Waals surface area contributed by atoms with E-state index in [1.165, 1.54) is 37.5 Å². The topological polar surface area (TPSA) is 55.3 Å². The van der Waals surface area contributed by atoms with Gasteiger partial charge in [-0.2, -0.15) is 0 Å². The number of methoxy groups -OCH3 is 1. The molecule has 0 saturated carbocycles. The third kappa shape index (κ3) is 5.31. The number of hydrogen-bond acceptors (Lipinski definition) is 5. The van der Waals surface area contributed by atoms with E-state index in [2.05, 4.69) is 9.97 Å². The Morgan fingerprint density at radius 2 is 2.00 bits per heavy atom. The predicted molar refractivity (Wildman–Crippen MR) is 101 cm³/mol. The van der Waals surface area contributed by atoms with Gasteiger partial charge in [-0.15, -0.1) is 0 Å². The van der Waals surface area contributed by atoms with Gasteiger partial charge in [-0.25, -0.2) is 23.1 Å². The molecule has 0 aliphatic rings. The van der Waals surface area contributed by atoms with Gasteiger partial charge in [0.2, 0.25) is 0 Å². The van der Waals surface area contributed by atoms with E-state index in [0.29, 0.717) is 24.9 Å². The number of aldehydes is 1. The monoisotopic (exact) mass is 393 g/mol. The molecule has 2 aromatic rings. The van der Waals surface area contributed by atoms with Crippen LogP contribution in [0.2, 0.25) is 0 Å². The van der Waals surface area contributed by atoms with Crippen LogP contribution < -0.4 is 4.74 Å². The van der Waals surface area contributed by atoms with E-state index < -0.39 is 17.8 Å². The summed E-state index contributed by atoms with van der Waals surface area (Å²) in [6, 6.07) is 2.09. The Morgan fingerprint density at radius 1 is 1.32 bits per heavy atom. The van der Waals surface area contributed by atoms with Crippen molar-refractivity contribution in [1.82, 2.24) is 14.9 Å². The summed E-state index contributed by atoms with van der Waals surface area (Å²) in [5.41, 5.74) is -0.352. The van der Waals surface area contributed by atoms with E-state index in [-0.39, 0.29) is 29.1 Å². The van der Waals surface area contributed by atoms with Crippen molar-refractivity contribution >= 4 is 12.1 Å². The minimum atomic E-state index is -1.10. The molecule has 0 amide bonds. The van der Waals surface area contributed by atoms with Gasteiger partial charge in [-0.3, -0.25) is 4.79 Å². The molecule has 0 saturated heterocycles. The van der Waals surface area contributed by atoms with Crippen molar-refractivity contribution in [2.45, 2.75) is 25.9 Å². The van der Waals surface area contributed by atoms with Crippen LogP contribution in [0.5, 0.6) is 5.75 Å². The zero-order valence-electron chi connectivity index (χ0n) is 16.0. The summed E-state index contributed by atoms with van der Waals surface area (Å²) in [6.45, 7) is 1.87. The number of carbonyl (C=O) groups excluding carboxylic acids is 1. The molecule has 0 spiro atoms. The molecule has 1 unspecified atom stereocenters. The van der Waals surface area contributed by atoms with Gasteiger partial charge in [0.05, 0.1) is 25.1 Å². The fourth-order valence-corrected chi connectivity index (χ4v) is 2.66. The second-order valence-corrected chi connectivity index (χ2v) is 6.29. The minimum absolute atomic E-state index is 0.00727. The van der Waals surface area contributed by atoms with Gasteiger partial charge < -0.3 is 9.64 Å². The summed E-state index contributed by atoms with van der Waals surface area (Å²) in [6.07, 6.45) is 4.10. The number of alkyl halides is 1. The van der Waals surface area contributed by atoms with Crippen LogP contribution in [0, 0.1) is 5.82 Å². The number of rotatable bonds is 9. The van der Waals surface area contributed by atoms with Gasteiger partial charge in [0.25, 0.3) is 0 Å². The van der Waals surface area contributed by atoms with E-state index in [0.717, 1.165) is 12.3 Å². The minimum Gasteiger partial charge on any atom is -0.494 e. The lowest BCUT2D eigenvalue weighted by molar-refractivity contribution is 0.112.